The normalized spacial score (nSPS) is 11.6. The Balaban J connectivity index is 2.50. The molecule has 0 heterocycles. The number of amides is 2. The third-order valence-electron chi connectivity index (χ3n) is 8.54. The molecule has 0 bridgehead atoms. The largest absolute Gasteiger partial charge is 0.494 e. The fourth-order valence-corrected chi connectivity index (χ4v) is 10.5. The van der Waals surface area contributed by atoms with Gasteiger partial charge in [-0.05, 0) is 107 Å². The maximum absolute atomic E-state index is 14.6. The Hall–Kier alpha value is -1.43. The summed E-state index contributed by atoms with van der Waals surface area (Å²) in [6.45, 7) is 11.6. The maximum Gasteiger partial charge on any atom is 0.255 e. The summed E-state index contributed by atoms with van der Waals surface area (Å²) in [5.74, 6) is 8.94. The molecule has 0 atom stereocenters. The molecule has 2 aromatic carbocycles. The molecule has 15 heteroatoms. The van der Waals surface area contributed by atoms with E-state index in [-0.39, 0.29) is 11.8 Å². The Morgan fingerprint density at radius 3 is 1.00 bits per heavy atom. The molecule has 2 amide bonds. The van der Waals surface area contributed by atoms with Crippen LogP contribution in [0.5, 0.6) is 11.5 Å². The number of nitrogens with zero attached hydrogens (tertiary/aromatic N) is 6. The Labute approximate surface area is 367 Å². The van der Waals surface area contributed by atoms with Gasteiger partial charge in [0.25, 0.3) is 11.8 Å². The van der Waals surface area contributed by atoms with Gasteiger partial charge in [0.15, 0.2) is 0 Å². The van der Waals surface area contributed by atoms with E-state index >= 15 is 0 Å². The molecule has 57 heavy (non-hydrogen) atoms. The molecule has 0 aromatic heterocycles. The standard InChI is InChI=1S/C42H72N6O4S5/c1-11-51-35-13-15-37(41(49)47(21-29-53-25-17-43(3)4)22-30-54-26-18-44(5)6)39(33-35)57-40-34-36(52-12-2)14-16-38(40)42(50)48(23-31-55-27-19-45(7)8)24-32-56-28-20-46(9)10/h13-16,33-34H,11-12,17-32H2,1-10H3. The molecule has 0 saturated carbocycles. The van der Waals surface area contributed by atoms with Gasteiger partial charge in [0.05, 0.1) is 24.3 Å². The van der Waals surface area contributed by atoms with E-state index in [2.05, 4.69) is 76.0 Å². The van der Waals surface area contributed by atoms with Gasteiger partial charge in [-0.15, -0.1) is 0 Å². The molecule has 0 N–H and O–H groups in total. The lowest BCUT2D eigenvalue weighted by atomic mass is 10.1. The number of hydrogen-bond acceptors (Lipinski definition) is 13. The average Bonchev–Trinajstić information content (AvgIpc) is 3.15. The fraction of sp³-hybridized carbons (Fsp3) is 0.667. The van der Waals surface area contributed by atoms with Gasteiger partial charge in [-0.25, -0.2) is 0 Å². The van der Waals surface area contributed by atoms with Crippen LogP contribution in [0.3, 0.4) is 0 Å². The van der Waals surface area contributed by atoms with Crippen LogP contribution in [0.2, 0.25) is 0 Å². The first kappa shape index (κ1) is 51.7. The summed E-state index contributed by atoms with van der Waals surface area (Å²) in [7, 11) is 16.7. The molecule has 0 radical (unpaired) electrons. The first-order chi connectivity index (χ1) is 27.4. The minimum Gasteiger partial charge on any atom is -0.494 e. The lowest BCUT2D eigenvalue weighted by Gasteiger charge is -2.25. The summed E-state index contributed by atoms with van der Waals surface area (Å²) in [6, 6.07) is 11.5. The number of carbonyl (C=O) groups excluding carboxylic acids is 2. The van der Waals surface area contributed by atoms with Gasteiger partial charge >= 0.3 is 0 Å². The van der Waals surface area contributed by atoms with E-state index in [0.717, 1.165) is 82.0 Å². The lowest BCUT2D eigenvalue weighted by molar-refractivity contribution is 0.0765. The summed E-state index contributed by atoms with van der Waals surface area (Å²) in [5, 5.41) is 0. The molecule has 0 unspecified atom stereocenters. The summed E-state index contributed by atoms with van der Waals surface area (Å²) in [6.07, 6.45) is 0. The molecule has 10 nitrogen and oxygen atoms in total. The molecule has 0 aliphatic heterocycles. The van der Waals surface area contributed by atoms with E-state index < -0.39 is 0 Å². The minimum atomic E-state index is 0.00179. The number of carbonyl (C=O) groups is 2. The van der Waals surface area contributed by atoms with Gasteiger partial charge in [0, 0.05) is 108 Å². The summed E-state index contributed by atoms with van der Waals surface area (Å²) in [5.41, 5.74) is 1.23. The van der Waals surface area contributed by atoms with Crippen molar-refractivity contribution in [2.75, 3.05) is 168 Å². The highest BCUT2D eigenvalue weighted by molar-refractivity contribution is 8.00. The lowest BCUT2D eigenvalue weighted by Crippen LogP contribution is -2.36. The van der Waals surface area contributed by atoms with Crippen molar-refractivity contribution in [2.45, 2.75) is 23.6 Å². The zero-order valence-electron chi connectivity index (χ0n) is 36.5. The van der Waals surface area contributed by atoms with Crippen LogP contribution < -0.4 is 9.47 Å². The van der Waals surface area contributed by atoms with E-state index in [9.17, 15) is 9.59 Å². The van der Waals surface area contributed by atoms with Crippen LogP contribution in [0.4, 0.5) is 0 Å². The van der Waals surface area contributed by atoms with Crippen molar-refractivity contribution in [3.05, 3.63) is 47.5 Å². The average molecular weight is 885 g/mol. The van der Waals surface area contributed by atoms with Crippen molar-refractivity contribution in [1.29, 1.82) is 0 Å². The SMILES string of the molecule is CCOc1ccc(C(=O)N(CCSCCN(C)C)CCSCCN(C)C)c(Sc2cc(OCC)ccc2C(=O)N(CCSCCN(C)C)CCSCCN(C)C)c1. The Bertz CT molecular complexity index is 1280. The van der Waals surface area contributed by atoms with Crippen molar-refractivity contribution < 1.29 is 19.1 Å². The van der Waals surface area contributed by atoms with Crippen LogP contribution in [-0.2, 0) is 0 Å². The van der Waals surface area contributed by atoms with Crippen LogP contribution >= 0.6 is 58.8 Å². The van der Waals surface area contributed by atoms with Crippen molar-refractivity contribution in [2.24, 2.45) is 0 Å². The van der Waals surface area contributed by atoms with Gasteiger partial charge in [0.1, 0.15) is 11.5 Å². The first-order valence-electron chi connectivity index (χ1n) is 20.1. The van der Waals surface area contributed by atoms with Crippen LogP contribution in [0.15, 0.2) is 46.2 Å². The van der Waals surface area contributed by atoms with Crippen molar-refractivity contribution in [3.63, 3.8) is 0 Å². The zero-order valence-corrected chi connectivity index (χ0v) is 40.6. The molecular formula is C42H72N6O4S5. The third kappa shape index (κ3) is 22.1. The summed E-state index contributed by atoms with van der Waals surface area (Å²) in [4.78, 5) is 43.6. The Morgan fingerprint density at radius 1 is 0.456 bits per heavy atom. The topological polar surface area (TPSA) is 72.0 Å². The molecule has 0 aliphatic carbocycles. The number of benzene rings is 2. The molecule has 2 aromatic rings. The van der Waals surface area contributed by atoms with Crippen molar-refractivity contribution in [3.8, 4) is 11.5 Å². The Kier molecular flexibility index (Phi) is 27.7. The molecule has 2 rings (SSSR count). The van der Waals surface area contributed by atoms with E-state index in [1.807, 2.05) is 107 Å². The summed E-state index contributed by atoms with van der Waals surface area (Å²) >= 11 is 8.98. The first-order valence-corrected chi connectivity index (χ1v) is 25.5. The molecule has 0 fully saturated rings. The van der Waals surface area contributed by atoms with Crippen molar-refractivity contribution >= 4 is 70.6 Å². The fourth-order valence-electron chi connectivity index (χ4n) is 5.23. The highest BCUT2D eigenvalue weighted by atomic mass is 32.2. The number of rotatable bonds is 32. The molecule has 0 spiro atoms. The Morgan fingerprint density at radius 2 is 0.737 bits per heavy atom. The third-order valence-corrected chi connectivity index (χ3v) is 13.4. The van der Waals surface area contributed by atoms with E-state index in [1.54, 1.807) is 0 Å². The summed E-state index contributed by atoms with van der Waals surface area (Å²) < 4.78 is 11.9. The van der Waals surface area contributed by atoms with Crippen LogP contribution in [0, 0.1) is 0 Å². The monoisotopic (exact) mass is 884 g/mol. The minimum absolute atomic E-state index is 0.00179. The van der Waals surface area contributed by atoms with E-state index in [4.69, 9.17) is 9.47 Å². The predicted octanol–water partition coefficient (Wildman–Crippen LogP) is 6.70. The number of thioether (sulfide) groups is 4. The highest BCUT2D eigenvalue weighted by Crippen LogP contribution is 2.38. The van der Waals surface area contributed by atoms with Gasteiger partial charge in [0.2, 0.25) is 0 Å². The van der Waals surface area contributed by atoms with Gasteiger partial charge in [-0.2, -0.15) is 47.0 Å². The van der Waals surface area contributed by atoms with Crippen LogP contribution in [0.1, 0.15) is 34.6 Å². The van der Waals surface area contributed by atoms with Gasteiger partial charge in [-0.3, -0.25) is 9.59 Å². The molecule has 0 saturated heterocycles. The molecular weight excluding hydrogens is 813 g/mol. The van der Waals surface area contributed by atoms with Crippen molar-refractivity contribution in [1.82, 2.24) is 29.4 Å². The second-order valence-corrected chi connectivity index (χ2v) is 20.5. The zero-order chi connectivity index (χ0) is 42.0. The molecule has 324 valence electrons. The quantitative estimate of drug-likeness (QED) is 0.0734. The second kappa shape index (κ2) is 30.6. The van der Waals surface area contributed by atoms with E-state index in [1.165, 1.54) is 11.8 Å². The maximum atomic E-state index is 14.6. The van der Waals surface area contributed by atoms with E-state index in [0.29, 0.717) is 62.0 Å². The number of ether oxygens (including phenoxy) is 2. The molecule has 0 aliphatic rings. The van der Waals surface area contributed by atoms with Gasteiger partial charge in [-0.1, -0.05) is 11.8 Å². The van der Waals surface area contributed by atoms with Crippen LogP contribution in [-0.4, -0.2) is 209 Å². The predicted molar refractivity (Wildman–Crippen MR) is 255 cm³/mol. The van der Waals surface area contributed by atoms with Crippen LogP contribution in [0.25, 0.3) is 0 Å². The second-order valence-electron chi connectivity index (χ2n) is 14.5. The van der Waals surface area contributed by atoms with Gasteiger partial charge < -0.3 is 38.9 Å². The highest BCUT2D eigenvalue weighted by Gasteiger charge is 2.24. The number of hydrogen-bond donors (Lipinski definition) is 0. The smallest absolute Gasteiger partial charge is 0.255 e.